The minimum Gasteiger partial charge on any atom is -0.385 e. The fraction of sp³-hybridized carbons (Fsp3) is 0.500. The van der Waals surface area contributed by atoms with Crippen molar-refractivity contribution in [2.24, 2.45) is 5.41 Å². The lowest BCUT2D eigenvalue weighted by atomic mass is 9.90. The van der Waals surface area contributed by atoms with E-state index in [-0.39, 0.29) is 0 Å². The molecule has 1 nitrogen and oxygen atoms in total. The summed E-state index contributed by atoms with van der Waals surface area (Å²) >= 11 is 0. The molecule has 0 amide bonds. The van der Waals surface area contributed by atoms with Gasteiger partial charge in [0, 0.05) is 12.2 Å². The molecule has 1 N–H and O–H groups in total. The largest absolute Gasteiger partial charge is 0.385 e. The topological polar surface area (TPSA) is 12.0 Å². The second kappa shape index (κ2) is 4.31. The van der Waals surface area contributed by atoms with Gasteiger partial charge in [-0.15, -0.1) is 0 Å². The van der Waals surface area contributed by atoms with Crippen molar-refractivity contribution >= 4 is 5.69 Å². The minimum absolute atomic E-state index is 0.385. The SMILES string of the molecule is CCC(C)(C)CNc1ccccc1. The predicted octanol–water partition coefficient (Wildman–Crippen LogP) is 3.53. The maximum absolute atomic E-state index is 3.44. The lowest BCUT2D eigenvalue weighted by Gasteiger charge is -2.23. The Morgan fingerprint density at radius 1 is 1.15 bits per heavy atom. The van der Waals surface area contributed by atoms with Gasteiger partial charge in [0.15, 0.2) is 0 Å². The Labute approximate surface area is 81.2 Å². The Hall–Kier alpha value is -0.980. The first kappa shape index (κ1) is 10.1. The van der Waals surface area contributed by atoms with Crippen LogP contribution in [0.3, 0.4) is 0 Å². The Balaban J connectivity index is 2.44. The highest BCUT2D eigenvalue weighted by Gasteiger charge is 2.13. The Morgan fingerprint density at radius 2 is 1.77 bits per heavy atom. The molecule has 0 saturated carbocycles. The molecule has 0 aliphatic heterocycles. The highest BCUT2D eigenvalue weighted by molar-refractivity contribution is 5.42. The van der Waals surface area contributed by atoms with Gasteiger partial charge in [-0.1, -0.05) is 39.0 Å². The summed E-state index contributed by atoms with van der Waals surface area (Å²) < 4.78 is 0. The van der Waals surface area contributed by atoms with Crippen molar-refractivity contribution in [3.63, 3.8) is 0 Å². The van der Waals surface area contributed by atoms with Gasteiger partial charge < -0.3 is 5.32 Å². The van der Waals surface area contributed by atoms with Crippen LogP contribution in [0.1, 0.15) is 27.2 Å². The van der Waals surface area contributed by atoms with E-state index in [9.17, 15) is 0 Å². The monoisotopic (exact) mass is 177 g/mol. The molecular formula is C12H19N. The maximum Gasteiger partial charge on any atom is 0.0340 e. The molecule has 0 radical (unpaired) electrons. The molecular weight excluding hydrogens is 158 g/mol. The number of anilines is 1. The van der Waals surface area contributed by atoms with Gasteiger partial charge in [0.2, 0.25) is 0 Å². The molecule has 1 rings (SSSR count). The summed E-state index contributed by atoms with van der Waals surface area (Å²) in [6, 6.07) is 10.4. The lowest BCUT2D eigenvalue weighted by Crippen LogP contribution is -2.21. The summed E-state index contributed by atoms with van der Waals surface area (Å²) in [5, 5.41) is 3.44. The highest BCUT2D eigenvalue weighted by atomic mass is 14.9. The van der Waals surface area contributed by atoms with E-state index in [0.717, 1.165) is 6.54 Å². The molecule has 0 aromatic heterocycles. The summed E-state index contributed by atoms with van der Waals surface area (Å²) in [6.07, 6.45) is 1.20. The summed E-state index contributed by atoms with van der Waals surface area (Å²) in [5.74, 6) is 0. The van der Waals surface area contributed by atoms with Crippen LogP contribution < -0.4 is 5.32 Å². The van der Waals surface area contributed by atoms with E-state index >= 15 is 0 Å². The third-order valence-electron chi connectivity index (χ3n) is 2.50. The lowest BCUT2D eigenvalue weighted by molar-refractivity contribution is 0.377. The van der Waals surface area contributed by atoms with Crippen LogP contribution in [0.4, 0.5) is 5.69 Å². The average molecular weight is 177 g/mol. The van der Waals surface area contributed by atoms with Crippen molar-refractivity contribution in [3.05, 3.63) is 30.3 Å². The Kier molecular flexibility index (Phi) is 3.35. The predicted molar refractivity (Wildman–Crippen MR) is 59.0 cm³/mol. The van der Waals surface area contributed by atoms with E-state index in [2.05, 4.69) is 50.4 Å². The maximum atomic E-state index is 3.44. The van der Waals surface area contributed by atoms with E-state index in [0.29, 0.717) is 5.41 Å². The molecule has 0 saturated heterocycles. The number of benzene rings is 1. The van der Waals surface area contributed by atoms with E-state index in [4.69, 9.17) is 0 Å². The van der Waals surface area contributed by atoms with Gasteiger partial charge in [-0.25, -0.2) is 0 Å². The highest BCUT2D eigenvalue weighted by Crippen LogP contribution is 2.20. The van der Waals surface area contributed by atoms with E-state index in [1.54, 1.807) is 0 Å². The smallest absolute Gasteiger partial charge is 0.0340 e. The molecule has 0 aliphatic carbocycles. The summed E-state index contributed by atoms with van der Waals surface area (Å²) in [6.45, 7) is 7.83. The van der Waals surface area contributed by atoms with Crippen LogP contribution in [0.5, 0.6) is 0 Å². The van der Waals surface area contributed by atoms with Crippen LogP contribution in [0.2, 0.25) is 0 Å². The van der Waals surface area contributed by atoms with Crippen molar-refractivity contribution in [1.29, 1.82) is 0 Å². The second-order valence-corrected chi connectivity index (χ2v) is 4.24. The molecule has 13 heavy (non-hydrogen) atoms. The summed E-state index contributed by atoms with van der Waals surface area (Å²) in [5.41, 5.74) is 1.60. The first-order chi connectivity index (χ1) is 6.14. The van der Waals surface area contributed by atoms with Gasteiger partial charge in [-0.2, -0.15) is 0 Å². The summed E-state index contributed by atoms with van der Waals surface area (Å²) in [4.78, 5) is 0. The van der Waals surface area contributed by atoms with Crippen LogP contribution in [-0.2, 0) is 0 Å². The van der Waals surface area contributed by atoms with Gasteiger partial charge in [-0.3, -0.25) is 0 Å². The van der Waals surface area contributed by atoms with Crippen molar-refractivity contribution in [3.8, 4) is 0 Å². The Bertz CT molecular complexity index is 239. The van der Waals surface area contributed by atoms with E-state index < -0.39 is 0 Å². The van der Waals surface area contributed by atoms with Crippen molar-refractivity contribution in [2.75, 3.05) is 11.9 Å². The molecule has 1 aromatic rings. The molecule has 1 heteroatoms. The van der Waals surface area contributed by atoms with Crippen LogP contribution >= 0.6 is 0 Å². The quantitative estimate of drug-likeness (QED) is 0.741. The van der Waals surface area contributed by atoms with Crippen molar-refractivity contribution in [1.82, 2.24) is 0 Å². The molecule has 0 spiro atoms. The van der Waals surface area contributed by atoms with Crippen LogP contribution in [0, 0.1) is 5.41 Å². The van der Waals surface area contributed by atoms with Crippen molar-refractivity contribution < 1.29 is 0 Å². The third kappa shape index (κ3) is 3.49. The fourth-order valence-corrected chi connectivity index (χ4v) is 1.02. The van der Waals surface area contributed by atoms with Gasteiger partial charge in [0.25, 0.3) is 0 Å². The van der Waals surface area contributed by atoms with E-state index in [1.807, 2.05) is 6.07 Å². The molecule has 0 unspecified atom stereocenters. The number of rotatable bonds is 4. The fourth-order valence-electron chi connectivity index (χ4n) is 1.02. The Morgan fingerprint density at radius 3 is 2.31 bits per heavy atom. The van der Waals surface area contributed by atoms with Gasteiger partial charge in [0.1, 0.15) is 0 Å². The zero-order valence-corrected chi connectivity index (χ0v) is 8.80. The molecule has 0 aliphatic rings. The van der Waals surface area contributed by atoms with Crippen molar-refractivity contribution in [2.45, 2.75) is 27.2 Å². The second-order valence-electron chi connectivity index (χ2n) is 4.24. The molecule has 0 heterocycles. The average Bonchev–Trinajstić information content (AvgIpc) is 2.17. The number of hydrogen-bond acceptors (Lipinski definition) is 1. The number of para-hydroxylation sites is 1. The summed E-state index contributed by atoms with van der Waals surface area (Å²) in [7, 11) is 0. The molecule has 72 valence electrons. The van der Waals surface area contributed by atoms with E-state index in [1.165, 1.54) is 12.1 Å². The molecule has 1 aromatic carbocycles. The molecule has 0 atom stereocenters. The first-order valence-electron chi connectivity index (χ1n) is 4.93. The van der Waals surface area contributed by atoms with Gasteiger partial charge >= 0.3 is 0 Å². The first-order valence-corrected chi connectivity index (χ1v) is 4.93. The zero-order chi connectivity index (χ0) is 9.73. The van der Waals surface area contributed by atoms with Gasteiger partial charge in [0.05, 0.1) is 0 Å². The third-order valence-corrected chi connectivity index (χ3v) is 2.50. The van der Waals surface area contributed by atoms with Crippen LogP contribution in [-0.4, -0.2) is 6.54 Å². The zero-order valence-electron chi connectivity index (χ0n) is 8.80. The molecule has 0 fully saturated rings. The number of nitrogens with one attached hydrogen (secondary N) is 1. The van der Waals surface area contributed by atoms with Gasteiger partial charge in [-0.05, 0) is 24.0 Å². The normalized spacial score (nSPS) is 11.3. The number of hydrogen-bond donors (Lipinski definition) is 1. The minimum atomic E-state index is 0.385. The van der Waals surface area contributed by atoms with Crippen LogP contribution in [0.15, 0.2) is 30.3 Å². The molecule has 0 bridgehead atoms. The van der Waals surface area contributed by atoms with Crippen LogP contribution in [0.25, 0.3) is 0 Å². The standard InChI is InChI=1S/C12H19N/c1-4-12(2,3)10-13-11-8-6-5-7-9-11/h5-9,13H,4,10H2,1-3H3.